The summed E-state index contributed by atoms with van der Waals surface area (Å²) in [5, 5.41) is 3.31. The van der Waals surface area contributed by atoms with E-state index in [1.807, 2.05) is 25.1 Å². The smallest absolute Gasteiger partial charge is 0.147 e. The summed E-state index contributed by atoms with van der Waals surface area (Å²) < 4.78 is 22.0. The van der Waals surface area contributed by atoms with Crippen molar-refractivity contribution in [3.05, 3.63) is 35.9 Å². The van der Waals surface area contributed by atoms with Gasteiger partial charge in [-0.1, -0.05) is 30.3 Å². The van der Waals surface area contributed by atoms with Gasteiger partial charge < -0.3 is 5.32 Å². The minimum atomic E-state index is -2.84. The van der Waals surface area contributed by atoms with Gasteiger partial charge in [0.2, 0.25) is 0 Å². The summed E-state index contributed by atoms with van der Waals surface area (Å²) in [6.07, 6.45) is 1.93. The van der Waals surface area contributed by atoms with Crippen LogP contribution in [-0.2, 0) is 16.4 Å². The van der Waals surface area contributed by atoms with E-state index in [0.717, 1.165) is 6.54 Å². The van der Waals surface area contributed by atoms with Crippen molar-refractivity contribution >= 4 is 9.84 Å². The van der Waals surface area contributed by atoms with Crippen molar-refractivity contribution in [1.29, 1.82) is 0 Å². The van der Waals surface area contributed by atoms with E-state index in [1.165, 1.54) is 11.8 Å². The van der Waals surface area contributed by atoms with E-state index >= 15 is 0 Å². The molecule has 16 heavy (non-hydrogen) atoms. The van der Waals surface area contributed by atoms with Crippen LogP contribution in [0.5, 0.6) is 0 Å². The Bertz CT molecular complexity index is 400. The van der Waals surface area contributed by atoms with Gasteiger partial charge in [0.1, 0.15) is 9.84 Å². The van der Waals surface area contributed by atoms with E-state index in [2.05, 4.69) is 17.4 Å². The predicted molar refractivity (Wildman–Crippen MR) is 67.1 cm³/mol. The third-order valence-corrected chi connectivity index (χ3v) is 3.40. The Morgan fingerprint density at radius 2 is 1.88 bits per heavy atom. The Morgan fingerprint density at radius 1 is 1.25 bits per heavy atom. The minimum absolute atomic E-state index is 0.218. The van der Waals surface area contributed by atoms with Crippen LogP contribution in [-0.4, -0.2) is 26.5 Å². The summed E-state index contributed by atoms with van der Waals surface area (Å²) in [6, 6.07) is 10.3. The number of rotatable bonds is 6. The van der Waals surface area contributed by atoms with E-state index in [-0.39, 0.29) is 11.8 Å². The third-order valence-electron chi connectivity index (χ3n) is 2.42. The van der Waals surface area contributed by atoms with Gasteiger partial charge in [0.15, 0.2) is 0 Å². The number of nitrogens with one attached hydrogen (secondary N) is 1. The fourth-order valence-electron chi connectivity index (χ4n) is 1.38. The van der Waals surface area contributed by atoms with Gasteiger partial charge >= 0.3 is 0 Å². The molecule has 0 spiro atoms. The van der Waals surface area contributed by atoms with Crippen LogP contribution in [0.2, 0.25) is 0 Å². The first kappa shape index (κ1) is 13.2. The Kier molecular flexibility index (Phi) is 4.96. The lowest BCUT2D eigenvalue weighted by Crippen LogP contribution is -2.27. The van der Waals surface area contributed by atoms with Crippen LogP contribution in [0.1, 0.15) is 18.9 Å². The first-order valence-electron chi connectivity index (χ1n) is 5.42. The Morgan fingerprint density at radius 3 is 2.44 bits per heavy atom. The van der Waals surface area contributed by atoms with Crippen LogP contribution in [0, 0.1) is 0 Å². The van der Waals surface area contributed by atoms with Crippen LogP contribution in [0.4, 0.5) is 0 Å². The summed E-state index contributed by atoms with van der Waals surface area (Å²) in [6.45, 7) is 2.79. The van der Waals surface area contributed by atoms with E-state index in [0.29, 0.717) is 6.42 Å². The van der Waals surface area contributed by atoms with Crippen LogP contribution >= 0.6 is 0 Å². The number of sulfone groups is 1. The van der Waals surface area contributed by atoms with Crippen molar-refractivity contribution in [2.45, 2.75) is 25.9 Å². The normalized spacial score (nSPS) is 13.6. The molecule has 1 aromatic carbocycles. The number of hydrogen-bond donors (Lipinski definition) is 1. The quantitative estimate of drug-likeness (QED) is 0.823. The summed E-state index contributed by atoms with van der Waals surface area (Å²) >= 11 is 0. The lowest BCUT2D eigenvalue weighted by Gasteiger charge is -2.13. The van der Waals surface area contributed by atoms with Crippen LogP contribution in [0.15, 0.2) is 30.3 Å². The SMILES string of the molecule is CC(CCS(C)(=O)=O)NCc1ccccc1. The van der Waals surface area contributed by atoms with Gasteiger partial charge in [0.25, 0.3) is 0 Å². The molecule has 1 unspecified atom stereocenters. The molecule has 0 aliphatic carbocycles. The fourth-order valence-corrected chi connectivity index (χ4v) is 2.16. The zero-order valence-corrected chi connectivity index (χ0v) is 10.6. The zero-order valence-electron chi connectivity index (χ0n) is 9.81. The highest BCUT2D eigenvalue weighted by Gasteiger charge is 2.06. The van der Waals surface area contributed by atoms with Crippen LogP contribution < -0.4 is 5.32 Å². The number of benzene rings is 1. The highest BCUT2D eigenvalue weighted by Crippen LogP contribution is 2.00. The summed E-state index contributed by atoms with van der Waals surface area (Å²) in [5.41, 5.74) is 1.22. The Hall–Kier alpha value is -0.870. The number of hydrogen-bond acceptors (Lipinski definition) is 3. The van der Waals surface area contributed by atoms with E-state index in [1.54, 1.807) is 0 Å². The van der Waals surface area contributed by atoms with Crippen molar-refractivity contribution in [2.75, 3.05) is 12.0 Å². The second kappa shape index (κ2) is 6.01. The molecule has 0 bridgehead atoms. The molecular formula is C12H19NO2S. The molecule has 1 rings (SSSR count). The minimum Gasteiger partial charge on any atom is -0.310 e. The largest absolute Gasteiger partial charge is 0.310 e. The van der Waals surface area contributed by atoms with Crippen LogP contribution in [0.3, 0.4) is 0 Å². The standard InChI is InChI=1S/C12H19NO2S/c1-11(8-9-16(2,14)15)13-10-12-6-4-3-5-7-12/h3-7,11,13H,8-10H2,1-2H3. The third kappa shape index (κ3) is 5.88. The average molecular weight is 241 g/mol. The van der Waals surface area contributed by atoms with Gasteiger partial charge in [-0.05, 0) is 18.9 Å². The van der Waals surface area contributed by atoms with Crippen molar-refractivity contribution < 1.29 is 8.42 Å². The molecule has 0 heterocycles. The molecule has 0 radical (unpaired) electrons. The maximum Gasteiger partial charge on any atom is 0.147 e. The molecule has 0 aromatic heterocycles. The topological polar surface area (TPSA) is 46.2 Å². The highest BCUT2D eigenvalue weighted by molar-refractivity contribution is 7.90. The summed E-state index contributed by atoms with van der Waals surface area (Å²) in [4.78, 5) is 0. The lowest BCUT2D eigenvalue weighted by atomic mass is 10.2. The van der Waals surface area contributed by atoms with Gasteiger partial charge in [0, 0.05) is 18.8 Å². The van der Waals surface area contributed by atoms with Crippen LogP contribution in [0.25, 0.3) is 0 Å². The lowest BCUT2D eigenvalue weighted by molar-refractivity contribution is 0.527. The maximum absolute atomic E-state index is 11.0. The molecular weight excluding hydrogens is 222 g/mol. The molecule has 0 saturated carbocycles. The van der Waals surface area contributed by atoms with Gasteiger partial charge in [-0.2, -0.15) is 0 Å². The monoisotopic (exact) mass is 241 g/mol. The van der Waals surface area contributed by atoms with Crippen molar-refractivity contribution in [3.63, 3.8) is 0 Å². The first-order chi connectivity index (χ1) is 7.47. The van der Waals surface area contributed by atoms with E-state index in [9.17, 15) is 8.42 Å². The molecule has 0 saturated heterocycles. The molecule has 4 heteroatoms. The Balaban J connectivity index is 2.28. The first-order valence-corrected chi connectivity index (χ1v) is 7.48. The molecule has 0 aliphatic heterocycles. The van der Waals surface area contributed by atoms with Crippen molar-refractivity contribution in [1.82, 2.24) is 5.32 Å². The molecule has 1 aromatic rings. The van der Waals surface area contributed by atoms with Gasteiger partial charge in [0.05, 0.1) is 5.75 Å². The van der Waals surface area contributed by atoms with E-state index in [4.69, 9.17) is 0 Å². The zero-order chi connectivity index (χ0) is 12.0. The highest BCUT2D eigenvalue weighted by atomic mass is 32.2. The molecule has 1 atom stereocenters. The molecule has 0 fully saturated rings. The van der Waals surface area contributed by atoms with Crippen molar-refractivity contribution in [2.24, 2.45) is 0 Å². The molecule has 1 N–H and O–H groups in total. The second-order valence-corrected chi connectivity index (χ2v) is 6.45. The summed E-state index contributed by atoms with van der Waals surface area (Å²) in [5.74, 6) is 0.246. The molecule has 3 nitrogen and oxygen atoms in total. The predicted octanol–water partition coefficient (Wildman–Crippen LogP) is 1.60. The second-order valence-electron chi connectivity index (χ2n) is 4.19. The Labute approximate surface area is 97.8 Å². The molecule has 0 amide bonds. The molecule has 90 valence electrons. The van der Waals surface area contributed by atoms with E-state index < -0.39 is 9.84 Å². The summed E-state index contributed by atoms with van der Waals surface area (Å²) in [7, 11) is -2.84. The van der Waals surface area contributed by atoms with Gasteiger partial charge in [-0.15, -0.1) is 0 Å². The van der Waals surface area contributed by atoms with Gasteiger partial charge in [-0.3, -0.25) is 0 Å². The maximum atomic E-state index is 11.0. The average Bonchev–Trinajstić information content (AvgIpc) is 2.24. The fraction of sp³-hybridized carbons (Fsp3) is 0.500. The van der Waals surface area contributed by atoms with Crippen molar-refractivity contribution in [3.8, 4) is 0 Å². The molecule has 0 aliphatic rings. The van der Waals surface area contributed by atoms with Gasteiger partial charge in [-0.25, -0.2) is 8.42 Å².